The molecule has 0 fully saturated rings. The summed E-state index contributed by atoms with van der Waals surface area (Å²) in [6.07, 6.45) is 0. The Kier molecular flexibility index (Phi) is 4.79. The van der Waals surface area contributed by atoms with Gasteiger partial charge in [-0.3, -0.25) is 4.79 Å². The summed E-state index contributed by atoms with van der Waals surface area (Å²) in [7, 11) is 1.57. The molecular weight excluding hydrogens is 294 g/mol. The number of aryl methyl sites for hydroxylation is 1. The van der Waals surface area contributed by atoms with Crippen molar-refractivity contribution in [1.82, 2.24) is 5.32 Å². The second kappa shape index (κ2) is 5.74. The van der Waals surface area contributed by atoms with Gasteiger partial charge in [0.05, 0.1) is 12.7 Å². The van der Waals surface area contributed by atoms with E-state index < -0.39 is 0 Å². The molecular formula is C14H20BrNO2. The molecule has 1 aromatic rings. The molecule has 1 N–H and O–H groups in total. The van der Waals surface area contributed by atoms with Gasteiger partial charge in [-0.1, -0.05) is 34.5 Å². The number of carbonyl (C=O) groups is 1. The van der Waals surface area contributed by atoms with Crippen molar-refractivity contribution in [2.75, 3.05) is 7.11 Å². The molecule has 0 saturated heterocycles. The Morgan fingerprint density at radius 1 is 1.44 bits per heavy atom. The third kappa shape index (κ3) is 3.48. The van der Waals surface area contributed by atoms with Gasteiger partial charge in [0.1, 0.15) is 5.75 Å². The molecule has 1 atom stereocenters. The van der Waals surface area contributed by atoms with E-state index in [1.54, 1.807) is 7.11 Å². The van der Waals surface area contributed by atoms with Crippen molar-refractivity contribution in [3.8, 4) is 5.75 Å². The molecule has 1 amide bonds. The monoisotopic (exact) mass is 313 g/mol. The smallest absolute Gasteiger partial charge is 0.255 e. The minimum atomic E-state index is -0.328. The van der Waals surface area contributed by atoms with E-state index in [-0.39, 0.29) is 16.3 Å². The number of nitrogens with one attached hydrogen (secondary N) is 1. The van der Waals surface area contributed by atoms with E-state index in [2.05, 4.69) is 21.2 Å². The molecule has 0 aliphatic rings. The largest absolute Gasteiger partial charge is 0.496 e. The molecule has 0 aromatic heterocycles. The van der Waals surface area contributed by atoms with Crippen molar-refractivity contribution >= 4 is 21.8 Å². The predicted molar refractivity (Wildman–Crippen MR) is 77.7 cm³/mol. The third-order valence-corrected chi connectivity index (χ3v) is 4.17. The molecule has 0 heterocycles. The van der Waals surface area contributed by atoms with Crippen LogP contribution < -0.4 is 10.1 Å². The van der Waals surface area contributed by atoms with Gasteiger partial charge >= 0.3 is 0 Å². The first-order valence-electron chi connectivity index (χ1n) is 5.89. The highest BCUT2D eigenvalue weighted by molar-refractivity contribution is 9.09. The van der Waals surface area contributed by atoms with E-state index in [1.807, 2.05) is 45.9 Å². The van der Waals surface area contributed by atoms with Gasteiger partial charge in [0, 0.05) is 10.4 Å². The topological polar surface area (TPSA) is 38.3 Å². The predicted octanol–water partition coefficient (Wildman–Crippen LogP) is 3.30. The van der Waals surface area contributed by atoms with Gasteiger partial charge in [-0.2, -0.15) is 0 Å². The summed E-state index contributed by atoms with van der Waals surface area (Å²) in [5.74, 6) is 0.475. The maximum Gasteiger partial charge on any atom is 0.255 e. The number of ether oxygens (including phenoxy) is 1. The summed E-state index contributed by atoms with van der Waals surface area (Å²) in [4.78, 5) is 12.5. The number of carbonyl (C=O) groups excluding carboxylic acids is 1. The minimum absolute atomic E-state index is 0.119. The van der Waals surface area contributed by atoms with Crippen molar-refractivity contribution in [2.24, 2.45) is 0 Å². The summed E-state index contributed by atoms with van der Waals surface area (Å²) in [6.45, 7) is 7.92. The van der Waals surface area contributed by atoms with Crippen LogP contribution in [-0.4, -0.2) is 23.4 Å². The van der Waals surface area contributed by atoms with E-state index in [0.717, 1.165) is 5.56 Å². The molecule has 1 unspecified atom stereocenters. The summed E-state index contributed by atoms with van der Waals surface area (Å²) in [6, 6.07) is 5.58. The lowest BCUT2D eigenvalue weighted by molar-refractivity contribution is 0.0910. The van der Waals surface area contributed by atoms with Gasteiger partial charge in [-0.05, 0) is 32.9 Å². The van der Waals surface area contributed by atoms with Gasteiger partial charge in [0.15, 0.2) is 0 Å². The van der Waals surface area contributed by atoms with Crippen LogP contribution in [0.4, 0.5) is 0 Å². The van der Waals surface area contributed by atoms with Crippen molar-refractivity contribution in [2.45, 2.75) is 38.1 Å². The Balaban J connectivity index is 3.01. The average molecular weight is 314 g/mol. The fourth-order valence-corrected chi connectivity index (χ4v) is 1.57. The molecule has 100 valence electrons. The van der Waals surface area contributed by atoms with Crippen LogP contribution in [0.15, 0.2) is 18.2 Å². The lowest BCUT2D eigenvalue weighted by Crippen LogP contribution is -2.48. The van der Waals surface area contributed by atoms with Gasteiger partial charge in [0.25, 0.3) is 5.91 Å². The highest BCUT2D eigenvalue weighted by Crippen LogP contribution is 2.22. The summed E-state index contributed by atoms with van der Waals surface area (Å²) in [5.41, 5.74) is 1.27. The molecule has 0 bridgehead atoms. The van der Waals surface area contributed by atoms with Crippen molar-refractivity contribution < 1.29 is 9.53 Å². The third-order valence-electron chi connectivity index (χ3n) is 3.03. The number of rotatable bonds is 4. The maximum absolute atomic E-state index is 12.3. The second-order valence-corrected chi connectivity index (χ2v) is 6.37. The van der Waals surface area contributed by atoms with E-state index in [1.165, 1.54) is 0 Å². The molecule has 4 heteroatoms. The van der Waals surface area contributed by atoms with Crippen LogP contribution >= 0.6 is 15.9 Å². The zero-order valence-electron chi connectivity index (χ0n) is 11.5. The van der Waals surface area contributed by atoms with Gasteiger partial charge in [-0.25, -0.2) is 0 Å². The number of alkyl halides is 1. The number of hydrogen-bond donors (Lipinski definition) is 1. The molecule has 0 saturated carbocycles. The van der Waals surface area contributed by atoms with Crippen LogP contribution in [0, 0.1) is 6.92 Å². The molecule has 18 heavy (non-hydrogen) atoms. The minimum Gasteiger partial charge on any atom is -0.496 e. The number of amides is 1. The Labute approximate surface area is 117 Å². The van der Waals surface area contributed by atoms with Crippen molar-refractivity contribution in [3.63, 3.8) is 0 Å². The highest BCUT2D eigenvalue weighted by Gasteiger charge is 2.27. The molecule has 0 aliphatic heterocycles. The van der Waals surface area contributed by atoms with Gasteiger partial charge in [0.2, 0.25) is 0 Å². The maximum atomic E-state index is 12.3. The quantitative estimate of drug-likeness (QED) is 0.866. The van der Waals surface area contributed by atoms with Crippen LogP contribution in [0.5, 0.6) is 5.75 Å². The van der Waals surface area contributed by atoms with Crippen LogP contribution in [0.25, 0.3) is 0 Å². The Morgan fingerprint density at radius 2 is 2.06 bits per heavy atom. The number of benzene rings is 1. The number of methoxy groups -OCH3 is 1. The lowest BCUT2D eigenvalue weighted by Gasteiger charge is -2.29. The molecule has 0 aliphatic carbocycles. The second-order valence-electron chi connectivity index (χ2n) is 5.00. The van der Waals surface area contributed by atoms with Crippen LogP contribution in [0.3, 0.4) is 0 Å². The standard InChI is InChI=1S/C14H20BrNO2/c1-9-6-7-12(18-5)11(8-9)13(17)16-14(3,4)10(2)15/h6-8,10H,1-5H3,(H,16,17). The van der Waals surface area contributed by atoms with E-state index >= 15 is 0 Å². The SMILES string of the molecule is COc1ccc(C)cc1C(=O)NC(C)(C)C(C)Br. The van der Waals surface area contributed by atoms with Gasteiger partial charge < -0.3 is 10.1 Å². The normalized spacial score (nSPS) is 13.0. The molecule has 1 aromatic carbocycles. The molecule has 3 nitrogen and oxygen atoms in total. The Bertz CT molecular complexity index is 441. The van der Waals surface area contributed by atoms with Crippen LogP contribution in [0.1, 0.15) is 36.7 Å². The lowest BCUT2D eigenvalue weighted by atomic mass is 10.0. The van der Waals surface area contributed by atoms with Gasteiger partial charge in [-0.15, -0.1) is 0 Å². The summed E-state index contributed by atoms with van der Waals surface area (Å²) in [5, 5.41) is 3.01. The molecule has 1 rings (SSSR count). The Morgan fingerprint density at radius 3 is 2.56 bits per heavy atom. The number of halogens is 1. The van der Waals surface area contributed by atoms with Crippen molar-refractivity contribution in [1.29, 1.82) is 0 Å². The number of hydrogen-bond acceptors (Lipinski definition) is 2. The first kappa shape index (κ1) is 15.0. The Hall–Kier alpha value is -1.03. The molecule has 0 radical (unpaired) electrons. The summed E-state index contributed by atoms with van der Waals surface area (Å²) < 4.78 is 5.22. The van der Waals surface area contributed by atoms with Crippen molar-refractivity contribution in [3.05, 3.63) is 29.3 Å². The van der Waals surface area contributed by atoms with Crippen LogP contribution in [0.2, 0.25) is 0 Å². The highest BCUT2D eigenvalue weighted by atomic mass is 79.9. The van der Waals surface area contributed by atoms with Crippen LogP contribution in [-0.2, 0) is 0 Å². The molecule has 0 spiro atoms. The summed E-state index contributed by atoms with van der Waals surface area (Å²) >= 11 is 3.50. The zero-order valence-corrected chi connectivity index (χ0v) is 13.1. The average Bonchev–Trinajstić information content (AvgIpc) is 2.28. The first-order valence-corrected chi connectivity index (χ1v) is 6.80. The van der Waals surface area contributed by atoms with E-state index in [9.17, 15) is 4.79 Å². The fraction of sp³-hybridized carbons (Fsp3) is 0.500. The first-order chi connectivity index (χ1) is 8.27. The fourth-order valence-electron chi connectivity index (χ4n) is 1.46. The van der Waals surface area contributed by atoms with E-state index in [4.69, 9.17) is 4.74 Å². The van der Waals surface area contributed by atoms with E-state index in [0.29, 0.717) is 11.3 Å². The zero-order chi connectivity index (χ0) is 13.9.